The van der Waals surface area contributed by atoms with E-state index in [1.54, 1.807) is 30.3 Å². The first-order chi connectivity index (χ1) is 12.5. The largest absolute Gasteiger partial charge is 0.495 e. The summed E-state index contributed by atoms with van der Waals surface area (Å²) in [5.41, 5.74) is 1.45. The van der Waals surface area contributed by atoms with Crippen LogP contribution in [0.25, 0.3) is 0 Å². The number of carbonyl (C=O) groups is 2. The maximum absolute atomic E-state index is 12.9. The molecule has 0 radical (unpaired) electrons. The Morgan fingerprint density at radius 2 is 1.81 bits per heavy atom. The summed E-state index contributed by atoms with van der Waals surface area (Å²) in [5.74, 6) is -0.145. The van der Waals surface area contributed by atoms with Gasteiger partial charge in [-0.2, -0.15) is 0 Å². The molecule has 138 valence electrons. The van der Waals surface area contributed by atoms with Crippen LogP contribution >= 0.6 is 0 Å². The number of hydrogen-bond donors (Lipinski definition) is 1. The van der Waals surface area contributed by atoms with Gasteiger partial charge in [-0.15, -0.1) is 0 Å². The molecule has 0 atom stereocenters. The maximum atomic E-state index is 12.9. The second-order valence-electron chi connectivity index (χ2n) is 5.78. The van der Waals surface area contributed by atoms with Crippen molar-refractivity contribution in [3.63, 3.8) is 0 Å². The molecule has 0 saturated heterocycles. The summed E-state index contributed by atoms with van der Waals surface area (Å²) in [7, 11) is 1.53. The van der Waals surface area contributed by atoms with Crippen LogP contribution in [0.3, 0.4) is 0 Å². The molecule has 0 saturated carbocycles. The zero-order valence-corrected chi connectivity index (χ0v) is 15.0. The van der Waals surface area contributed by atoms with Crippen LogP contribution < -0.4 is 10.1 Å². The van der Waals surface area contributed by atoms with E-state index in [0.717, 1.165) is 5.56 Å². The predicted octanol–water partition coefficient (Wildman–Crippen LogP) is 3.25. The lowest BCUT2D eigenvalue weighted by Gasteiger charge is -2.21. The van der Waals surface area contributed by atoms with Gasteiger partial charge in [0.1, 0.15) is 11.6 Å². The van der Waals surface area contributed by atoms with Gasteiger partial charge in [0.05, 0.1) is 19.3 Å². The van der Waals surface area contributed by atoms with Crippen molar-refractivity contribution in [2.75, 3.05) is 25.5 Å². The summed E-state index contributed by atoms with van der Waals surface area (Å²) in [4.78, 5) is 26.1. The number of para-hydroxylation sites is 2. The highest BCUT2D eigenvalue weighted by Gasteiger charge is 2.16. The van der Waals surface area contributed by atoms with E-state index in [1.165, 1.54) is 24.1 Å². The number of rotatable bonds is 8. The lowest BCUT2D eigenvalue weighted by molar-refractivity contribution is -0.134. The summed E-state index contributed by atoms with van der Waals surface area (Å²) in [6.45, 7) is 2.23. The SMILES string of the molecule is CCN(CC(=O)Nc1ccccc1OC)C(=O)CCc1ccc(F)cc1. The number of hydrogen-bond acceptors (Lipinski definition) is 3. The molecule has 0 spiro atoms. The van der Waals surface area contributed by atoms with Crippen LogP contribution in [0.4, 0.5) is 10.1 Å². The Morgan fingerprint density at radius 3 is 2.46 bits per heavy atom. The van der Waals surface area contributed by atoms with E-state index in [0.29, 0.717) is 24.4 Å². The number of anilines is 1. The number of amides is 2. The molecule has 0 unspecified atom stereocenters. The Kier molecular flexibility index (Phi) is 7.14. The molecule has 2 aromatic carbocycles. The van der Waals surface area contributed by atoms with Crippen molar-refractivity contribution in [2.45, 2.75) is 19.8 Å². The zero-order chi connectivity index (χ0) is 18.9. The number of likely N-dealkylation sites (N-methyl/N-ethyl adjacent to an activating group) is 1. The molecule has 0 heterocycles. The minimum atomic E-state index is -0.303. The minimum absolute atomic E-state index is 0.0310. The fourth-order valence-corrected chi connectivity index (χ4v) is 2.55. The summed E-state index contributed by atoms with van der Waals surface area (Å²) in [5, 5.41) is 2.76. The highest BCUT2D eigenvalue weighted by molar-refractivity contribution is 5.95. The van der Waals surface area contributed by atoms with E-state index in [1.807, 2.05) is 13.0 Å². The van der Waals surface area contributed by atoms with Crippen molar-refractivity contribution in [3.8, 4) is 5.75 Å². The molecule has 0 aromatic heterocycles. The first-order valence-corrected chi connectivity index (χ1v) is 8.48. The average Bonchev–Trinajstić information content (AvgIpc) is 2.65. The summed E-state index contributed by atoms with van der Waals surface area (Å²) < 4.78 is 18.1. The highest BCUT2D eigenvalue weighted by atomic mass is 19.1. The molecule has 2 aromatic rings. The second-order valence-corrected chi connectivity index (χ2v) is 5.78. The first-order valence-electron chi connectivity index (χ1n) is 8.48. The highest BCUT2D eigenvalue weighted by Crippen LogP contribution is 2.22. The Hall–Kier alpha value is -2.89. The minimum Gasteiger partial charge on any atom is -0.495 e. The van der Waals surface area contributed by atoms with Gasteiger partial charge in [0, 0.05) is 13.0 Å². The van der Waals surface area contributed by atoms with Gasteiger partial charge in [0.25, 0.3) is 0 Å². The first kappa shape index (κ1) is 19.4. The van der Waals surface area contributed by atoms with Crippen molar-refractivity contribution in [1.82, 2.24) is 4.90 Å². The number of nitrogens with zero attached hydrogens (tertiary/aromatic N) is 1. The number of ether oxygens (including phenoxy) is 1. The van der Waals surface area contributed by atoms with Gasteiger partial charge in [-0.25, -0.2) is 4.39 Å². The molecule has 2 rings (SSSR count). The quantitative estimate of drug-likeness (QED) is 0.788. The number of halogens is 1. The third kappa shape index (κ3) is 5.58. The van der Waals surface area contributed by atoms with Crippen LogP contribution in [0.1, 0.15) is 18.9 Å². The lowest BCUT2D eigenvalue weighted by Crippen LogP contribution is -2.38. The molecule has 6 heteroatoms. The van der Waals surface area contributed by atoms with E-state index in [2.05, 4.69) is 5.32 Å². The Labute approximate surface area is 152 Å². The van der Waals surface area contributed by atoms with E-state index in [9.17, 15) is 14.0 Å². The molecule has 0 aliphatic carbocycles. The van der Waals surface area contributed by atoms with E-state index >= 15 is 0 Å². The number of benzene rings is 2. The summed E-state index contributed by atoms with van der Waals surface area (Å²) in [6.07, 6.45) is 0.769. The van der Waals surface area contributed by atoms with E-state index in [-0.39, 0.29) is 30.6 Å². The lowest BCUT2D eigenvalue weighted by atomic mass is 10.1. The molecular formula is C20H23FN2O3. The number of nitrogens with one attached hydrogen (secondary N) is 1. The molecular weight excluding hydrogens is 335 g/mol. The third-order valence-corrected chi connectivity index (χ3v) is 3.99. The van der Waals surface area contributed by atoms with Crippen LogP contribution in [0.5, 0.6) is 5.75 Å². The summed E-state index contributed by atoms with van der Waals surface area (Å²) in [6, 6.07) is 13.2. The third-order valence-electron chi connectivity index (χ3n) is 3.99. The van der Waals surface area contributed by atoms with Gasteiger partial charge >= 0.3 is 0 Å². The van der Waals surface area contributed by atoms with Crippen LogP contribution in [0, 0.1) is 5.82 Å². The Balaban J connectivity index is 1.89. The van der Waals surface area contributed by atoms with Crippen LogP contribution in [-0.2, 0) is 16.0 Å². The van der Waals surface area contributed by atoms with Gasteiger partial charge in [0.15, 0.2) is 0 Å². The summed E-state index contributed by atoms with van der Waals surface area (Å²) >= 11 is 0. The average molecular weight is 358 g/mol. The topological polar surface area (TPSA) is 58.6 Å². The second kappa shape index (κ2) is 9.56. The predicted molar refractivity (Wildman–Crippen MR) is 98.6 cm³/mol. The zero-order valence-electron chi connectivity index (χ0n) is 15.0. The molecule has 5 nitrogen and oxygen atoms in total. The number of carbonyl (C=O) groups excluding carboxylic acids is 2. The smallest absolute Gasteiger partial charge is 0.244 e. The van der Waals surface area contributed by atoms with Gasteiger partial charge in [-0.1, -0.05) is 24.3 Å². The number of aryl methyl sites for hydroxylation is 1. The van der Waals surface area contributed by atoms with E-state index in [4.69, 9.17) is 4.74 Å². The molecule has 2 amide bonds. The standard InChI is InChI=1S/C20H23FN2O3/c1-3-23(20(25)13-10-15-8-11-16(21)12-9-15)14-19(24)22-17-6-4-5-7-18(17)26-2/h4-9,11-12H,3,10,13-14H2,1-2H3,(H,22,24). The van der Waals surface area contributed by atoms with Crippen molar-refractivity contribution < 1.29 is 18.7 Å². The van der Waals surface area contributed by atoms with Gasteiger partial charge in [-0.05, 0) is 43.2 Å². The Bertz CT molecular complexity index is 747. The maximum Gasteiger partial charge on any atom is 0.244 e. The molecule has 0 aliphatic heterocycles. The van der Waals surface area contributed by atoms with Crippen molar-refractivity contribution in [2.24, 2.45) is 0 Å². The molecule has 26 heavy (non-hydrogen) atoms. The normalized spacial score (nSPS) is 10.3. The number of methoxy groups -OCH3 is 1. The van der Waals surface area contributed by atoms with Crippen LogP contribution in [0.15, 0.2) is 48.5 Å². The van der Waals surface area contributed by atoms with Gasteiger partial charge in [0.2, 0.25) is 11.8 Å². The molecule has 0 aliphatic rings. The molecule has 0 bridgehead atoms. The van der Waals surface area contributed by atoms with Crippen molar-refractivity contribution >= 4 is 17.5 Å². The monoisotopic (exact) mass is 358 g/mol. The molecule has 0 fully saturated rings. The van der Waals surface area contributed by atoms with Gasteiger partial charge in [-0.3, -0.25) is 9.59 Å². The van der Waals surface area contributed by atoms with Crippen molar-refractivity contribution in [1.29, 1.82) is 0 Å². The van der Waals surface area contributed by atoms with Crippen molar-refractivity contribution in [3.05, 3.63) is 59.9 Å². The van der Waals surface area contributed by atoms with E-state index < -0.39 is 0 Å². The van der Waals surface area contributed by atoms with Gasteiger partial charge < -0.3 is 15.0 Å². The van der Waals surface area contributed by atoms with Crippen LogP contribution in [-0.4, -0.2) is 36.9 Å². The fourth-order valence-electron chi connectivity index (χ4n) is 2.55. The fraction of sp³-hybridized carbons (Fsp3) is 0.300. The van der Waals surface area contributed by atoms with Crippen LogP contribution in [0.2, 0.25) is 0 Å². The molecule has 1 N–H and O–H groups in total. The Morgan fingerprint density at radius 1 is 1.12 bits per heavy atom.